The summed E-state index contributed by atoms with van der Waals surface area (Å²) in [5, 5.41) is 0. The minimum Gasteiger partial charge on any atom is -0.383 e. The fourth-order valence-corrected chi connectivity index (χ4v) is 1.09. The molecule has 0 heterocycles. The van der Waals surface area contributed by atoms with Gasteiger partial charge in [0.2, 0.25) is 0 Å². The summed E-state index contributed by atoms with van der Waals surface area (Å²) in [7, 11) is 1.66. The Morgan fingerprint density at radius 3 is 2.64 bits per heavy atom. The lowest BCUT2D eigenvalue weighted by atomic mass is 10.2. The van der Waals surface area contributed by atoms with Gasteiger partial charge in [-0.3, -0.25) is 4.99 Å². The highest BCUT2D eigenvalue weighted by atomic mass is 32.1. The molecule has 0 atom stereocenters. The maximum absolute atomic E-state index is 5.60. The molecule has 0 unspecified atom stereocenters. The molecule has 2 nitrogen and oxygen atoms in total. The van der Waals surface area contributed by atoms with Crippen LogP contribution in [0.25, 0.3) is 0 Å². The van der Waals surface area contributed by atoms with Crippen LogP contribution in [0.2, 0.25) is 0 Å². The van der Waals surface area contributed by atoms with E-state index in [1.54, 1.807) is 7.05 Å². The van der Waals surface area contributed by atoms with Gasteiger partial charge < -0.3 is 5.73 Å². The second-order valence-corrected chi connectivity index (χ2v) is 2.61. The molecule has 0 radical (unpaired) electrons. The van der Waals surface area contributed by atoms with E-state index in [0.29, 0.717) is 5.84 Å². The molecule has 0 saturated carbocycles. The minimum atomic E-state index is 0.524. The van der Waals surface area contributed by atoms with E-state index in [0.717, 1.165) is 10.5 Å². The van der Waals surface area contributed by atoms with Gasteiger partial charge in [0, 0.05) is 17.5 Å². The summed E-state index contributed by atoms with van der Waals surface area (Å²) < 4.78 is 0. The summed E-state index contributed by atoms with van der Waals surface area (Å²) in [5.41, 5.74) is 6.48. The first-order chi connectivity index (χ1) is 5.25. The molecule has 0 spiro atoms. The topological polar surface area (TPSA) is 38.4 Å². The number of aliphatic imine (C=N–C) groups is 1. The molecule has 0 bridgehead atoms. The predicted molar refractivity (Wildman–Crippen MR) is 50.3 cm³/mol. The second-order valence-electron chi connectivity index (χ2n) is 2.13. The molecule has 1 aromatic carbocycles. The fourth-order valence-electron chi connectivity index (χ4n) is 0.811. The van der Waals surface area contributed by atoms with E-state index in [9.17, 15) is 0 Å². The zero-order chi connectivity index (χ0) is 8.27. The first-order valence-corrected chi connectivity index (χ1v) is 3.71. The number of amidine groups is 1. The van der Waals surface area contributed by atoms with Crippen LogP contribution < -0.4 is 5.73 Å². The lowest BCUT2D eigenvalue weighted by molar-refractivity contribution is 1.34. The summed E-state index contributed by atoms with van der Waals surface area (Å²) in [5.74, 6) is 0.524. The Morgan fingerprint density at radius 2 is 2.09 bits per heavy atom. The summed E-state index contributed by atoms with van der Waals surface area (Å²) in [6.07, 6.45) is 0. The molecular formula is C8H10N2S. The van der Waals surface area contributed by atoms with E-state index in [4.69, 9.17) is 5.73 Å². The number of hydrogen-bond acceptors (Lipinski definition) is 2. The van der Waals surface area contributed by atoms with Crippen molar-refractivity contribution in [3.8, 4) is 0 Å². The van der Waals surface area contributed by atoms with Gasteiger partial charge in [-0.1, -0.05) is 18.2 Å². The van der Waals surface area contributed by atoms with Crippen molar-refractivity contribution in [3.05, 3.63) is 29.8 Å². The van der Waals surface area contributed by atoms with Gasteiger partial charge in [0.05, 0.1) is 0 Å². The molecular weight excluding hydrogens is 156 g/mol. The molecule has 2 N–H and O–H groups in total. The third-order valence-electron chi connectivity index (χ3n) is 1.42. The van der Waals surface area contributed by atoms with E-state index in [1.807, 2.05) is 24.3 Å². The molecule has 0 amide bonds. The number of hydrogen-bond donors (Lipinski definition) is 2. The number of rotatable bonds is 1. The van der Waals surface area contributed by atoms with Crippen LogP contribution in [0.1, 0.15) is 5.56 Å². The quantitative estimate of drug-likeness (QED) is 0.368. The van der Waals surface area contributed by atoms with Gasteiger partial charge in [0.15, 0.2) is 0 Å². The third-order valence-corrected chi connectivity index (χ3v) is 1.81. The van der Waals surface area contributed by atoms with E-state index < -0.39 is 0 Å². The van der Waals surface area contributed by atoms with Crippen molar-refractivity contribution in [1.29, 1.82) is 0 Å². The van der Waals surface area contributed by atoms with Crippen molar-refractivity contribution in [2.24, 2.45) is 10.7 Å². The summed E-state index contributed by atoms with van der Waals surface area (Å²) in [6.45, 7) is 0. The lowest BCUT2D eigenvalue weighted by Crippen LogP contribution is -2.13. The van der Waals surface area contributed by atoms with E-state index in [1.165, 1.54) is 0 Å². The van der Waals surface area contributed by atoms with Crippen LogP contribution in [0.5, 0.6) is 0 Å². The van der Waals surface area contributed by atoms with Crippen molar-refractivity contribution >= 4 is 18.5 Å². The van der Waals surface area contributed by atoms with Gasteiger partial charge in [0.25, 0.3) is 0 Å². The summed E-state index contributed by atoms with van der Waals surface area (Å²) >= 11 is 4.23. The predicted octanol–water partition coefficient (Wildman–Crippen LogP) is 1.31. The standard InChI is InChI=1S/C8H10N2S/c1-10-8(9)6-4-2-3-5-7(6)11/h2-5,11H,1H3,(H2,9,10). The van der Waals surface area contributed by atoms with Gasteiger partial charge in [-0.25, -0.2) is 0 Å². The zero-order valence-corrected chi connectivity index (χ0v) is 7.18. The number of benzene rings is 1. The average molecular weight is 166 g/mol. The van der Waals surface area contributed by atoms with Crippen molar-refractivity contribution in [2.45, 2.75) is 4.90 Å². The molecule has 1 aromatic rings. The van der Waals surface area contributed by atoms with Gasteiger partial charge in [-0.15, -0.1) is 12.6 Å². The van der Waals surface area contributed by atoms with E-state index >= 15 is 0 Å². The van der Waals surface area contributed by atoms with Crippen LogP contribution in [0, 0.1) is 0 Å². The Labute approximate surface area is 71.6 Å². The molecule has 11 heavy (non-hydrogen) atoms. The van der Waals surface area contributed by atoms with Crippen molar-refractivity contribution in [3.63, 3.8) is 0 Å². The molecule has 0 aliphatic carbocycles. The average Bonchev–Trinajstić information content (AvgIpc) is 2.04. The highest BCUT2D eigenvalue weighted by Crippen LogP contribution is 2.11. The number of thiol groups is 1. The van der Waals surface area contributed by atoms with Crippen LogP contribution in [-0.4, -0.2) is 12.9 Å². The lowest BCUT2D eigenvalue weighted by Gasteiger charge is -2.01. The second kappa shape index (κ2) is 3.44. The highest BCUT2D eigenvalue weighted by molar-refractivity contribution is 7.80. The molecule has 0 saturated heterocycles. The SMILES string of the molecule is CN=C(N)c1ccccc1S. The fraction of sp³-hybridized carbons (Fsp3) is 0.125. The Morgan fingerprint density at radius 1 is 1.45 bits per heavy atom. The zero-order valence-electron chi connectivity index (χ0n) is 6.28. The van der Waals surface area contributed by atoms with E-state index in [-0.39, 0.29) is 0 Å². The largest absolute Gasteiger partial charge is 0.383 e. The molecule has 0 aromatic heterocycles. The normalized spacial score (nSPS) is 11.6. The van der Waals surface area contributed by atoms with Crippen LogP contribution >= 0.6 is 12.6 Å². The van der Waals surface area contributed by atoms with Gasteiger partial charge in [0.1, 0.15) is 5.84 Å². The maximum atomic E-state index is 5.60. The first kappa shape index (κ1) is 8.14. The molecule has 1 rings (SSSR count). The van der Waals surface area contributed by atoms with Crippen molar-refractivity contribution in [2.75, 3.05) is 7.05 Å². The van der Waals surface area contributed by atoms with Gasteiger partial charge in [-0.05, 0) is 6.07 Å². The van der Waals surface area contributed by atoms with Gasteiger partial charge in [-0.2, -0.15) is 0 Å². The van der Waals surface area contributed by atoms with Crippen LogP contribution in [0.4, 0.5) is 0 Å². The number of nitrogens with two attached hydrogens (primary N) is 1. The summed E-state index contributed by atoms with van der Waals surface area (Å²) in [4.78, 5) is 4.72. The molecule has 0 fully saturated rings. The van der Waals surface area contributed by atoms with E-state index in [2.05, 4.69) is 17.6 Å². The highest BCUT2D eigenvalue weighted by Gasteiger charge is 1.99. The Kier molecular flexibility index (Phi) is 2.54. The number of nitrogens with zero attached hydrogens (tertiary/aromatic N) is 1. The Hall–Kier alpha value is -0.960. The minimum absolute atomic E-state index is 0.524. The summed E-state index contributed by atoms with van der Waals surface area (Å²) in [6, 6.07) is 7.60. The molecule has 58 valence electrons. The smallest absolute Gasteiger partial charge is 0.126 e. The molecule has 0 aliphatic heterocycles. The van der Waals surface area contributed by atoms with Crippen molar-refractivity contribution in [1.82, 2.24) is 0 Å². The Balaban J connectivity index is 3.14. The monoisotopic (exact) mass is 166 g/mol. The van der Waals surface area contributed by atoms with Gasteiger partial charge >= 0.3 is 0 Å². The Bertz CT molecular complexity index is 281. The van der Waals surface area contributed by atoms with Crippen LogP contribution in [0.3, 0.4) is 0 Å². The molecule has 0 aliphatic rings. The third kappa shape index (κ3) is 1.74. The maximum Gasteiger partial charge on any atom is 0.126 e. The van der Waals surface area contributed by atoms with Crippen LogP contribution in [0.15, 0.2) is 34.2 Å². The van der Waals surface area contributed by atoms with Crippen LogP contribution in [-0.2, 0) is 0 Å². The van der Waals surface area contributed by atoms with Crippen molar-refractivity contribution < 1.29 is 0 Å². The first-order valence-electron chi connectivity index (χ1n) is 3.26. The molecule has 3 heteroatoms.